The zero-order valence-electron chi connectivity index (χ0n) is 31.4. The lowest BCUT2D eigenvalue weighted by Gasteiger charge is -2.50. The highest BCUT2D eigenvalue weighted by Gasteiger charge is 2.71. The summed E-state index contributed by atoms with van der Waals surface area (Å²) in [5.41, 5.74) is -1.43. The van der Waals surface area contributed by atoms with Gasteiger partial charge in [-0.3, -0.25) is 29.6 Å². The van der Waals surface area contributed by atoms with Gasteiger partial charge in [-0.2, -0.15) is 36.4 Å². The third-order valence-corrected chi connectivity index (χ3v) is 12.6. The SMILES string of the molecule is COc1cccc(O)c1[C@H]1C2=CC[C@@H]3C(=O)N(N(C)c4nc(C(F)(F)F)ccc4Cl)C(=O)[C@@H]3[C@@H]2C[C@H]2C(=O)N(Nc3ncc(C(F)(F)F)cc3Cl)C(=O)[C@@]12c1ccc(Cl)cc1. The van der Waals surface area contributed by atoms with Gasteiger partial charge in [-0.05, 0) is 66.8 Å². The van der Waals surface area contributed by atoms with E-state index in [4.69, 9.17) is 39.5 Å². The number of carbonyl (C=O) groups excluding carboxylic acids is 4. The molecule has 3 fully saturated rings. The second-order valence-corrected chi connectivity index (χ2v) is 16.1. The fourth-order valence-electron chi connectivity index (χ4n) is 9.29. The minimum atomic E-state index is -4.90. The monoisotopic (exact) mass is 908 g/mol. The predicted molar refractivity (Wildman–Crippen MR) is 206 cm³/mol. The van der Waals surface area contributed by atoms with Crippen LogP contribution in [-0.2, 0) is 36.9 Å². The summed E-state index contributed by atoms with van der Waals surface area (Å²) in [6.07, 6.45) is -8.04. The third kappa shape index (κ3) is 6.52. The van der Waals surface area contributed by atoms with Crippen molar-refractivity contribution in [2.45, 2.75) is 36.5 Å². The molecule has 4 aromatic rings. The molecule has 2 saturated heterocycles. The first kappa shape index (κ1) is 42.1. The molecule has 8 rings (SSSR count). The maximum atomic E-state index is 15.4. The molecular weight excluding hydrogens is 881 g/mol. The molecule has 2 aliphatic heterocycles. The van der Waals surface area contributed by atoms with E-state index in [2.05, 4.69) is 15.4 Å². The number of rotatable bonds is 7. The number of aromatic nitrogens is 2. The quantitative estimate of drug-likeness (QED) is 0.106. The number of fused-ring (bicyclic) bond motifs is 4. The average molecular weight is 910 g/mol. The van der Waals surface area contributed by atoms with Gasteiger partial charge in [0.1, 0.15) is 17.2 Å². The van der Waals surface area contributed by atoms with Crippen molar-refractivity contribution in [1.29, 1.82) is 0 Å². The molecule has 2 aliphatic carbocycles. The Kier molecular flexibility index (Phi) is 10.2. The molecule has 6 atom stereocenters. The predicted octanol–water partition coefficient (Wildman–Crippen LogP) is 8.22. The van der Waals surface area contributed by atoms with Gasteiger partial charge in [0.25, 0.3) is 23.6 Å². The Morgan fingerprint density at radius 1 is 0.902 bits per heavy atom. The van der Waals surface area contributed by atoms with Crippen molar-refractivity contribution in [2.75, 3.05) is 24.6 Å². The lowest BCUT2D eigenvalue weighted by atomic mass is 9.49. The Labute approximate surface area is 356 Å². The van der Waals surface area contributed by atoms with Crippen molar-refractivity contribution < 1.29 is 55.4 Å². The first-order valence-electron chi connectivity index (χ1n) is 18.3. The van der Waals surface area contributed by atoms with Crippen LogP contribution in [0.25, 0.3) is 0 Å². The molecule has 0 bridgehead atoms. The van der Waals surface area contributed by atoms with Crippen LogP contribution in [0.15, 0.2) is 78.5 Å². The fourth-order valence-corrected chi connectivity index (χ4v) is 9.85. The number of hydrazine groups is 2. The summed E-state index contributed by atoms with van der Waals surface area (Å²) in [6.45, 7) is 0. The molecule has 4 amide bonds. The minimum Gasteiger partial charge on any atom is -0.508 e. The van der Waals surface area contributed by atoms with Crippen molar-refractivity contribution in [2.24, 2.45) is 23.7 Å². The summed E-state index contributed by atoms with van der Waals surface area (Å²) in [4.78, 5) is 66.6. The molecule has 2 aromatic carbocycles. The van der Waals surface area contributed by atoms with Crippen LogP contribution < -0.4 is 15.2 Å². The van der Waals surface area contributed by atoms with Gasteiger partial charge in [-0.1, -0.05) is 64.7 Å². The van der Waals surface area contributed by atoms with Crippen LogP contribution >= 0.6 is 34.8 Å². The number of hydrogen-bond donors (Lipinski definition) is 2. The highest BCUT2D eigenvalue weighted by Crippen LogP contribution is 2.66. The van der Waals surface area contributed by atoms with E-state index >= 15 is 4.79 Å². The van der Waals surface area contributed by atoms with Crippen molar-refractivity contribution in [1.82, 2.24) is 20.0 Å². The molecular formula is C40H29Cl3F6N6O6. The summed E-state index contributed by atoms with van der Waals surface area (Å²) in [7, 11) is 2.46. The normalized spacial score (nSPS) is 25.0. The zero-order valence-corrected chi connectivity index (χ0v) is 33.6. The van der Waals surface area contributed by atoms with Gasteiger partial charge < -0.3 is 9.84 Å². The molecule has 0 unspecified atom stereocenters. The lowest BCUT2D eigenvalue weighted by molar-refractivity contribution is -0.142. The molecule has 1 saturated carbocycles. The number of pyridine rings is 2. The molecule has 4 aliphatic rings. The molecule has 2 aromatic heterocycles. The summed E-state index contributed by atoms with van der Waals surface area (Å²) in [6, 6.07) is 12.4. The molecule has 0 spiro atoms. The Bertz CT molecular complexity index is 2560. The van der Waals surface area contributed by atoms with E-state index in [0.717, 1.165) is 18.1 Å². The van der Waals surface area contributed by atoms with Crippen molar-refractivity contribution >= 4 is 70.1 Å². The van der Waals surface area contributed by atoms with Gasteiger partial charge in [0.05, 0.1) is 45.9 Å². The molecule has 2 N–H and O–H groups in total. The average Bonchev–Trinajstić information content (AvgIpc) is 3.58. The number of ether oxygens (including phenoxy) is 1. The summed E-state index contributed by atoms with van der Waals surface area (Å²) in [5, 5.41) is 13.1. The molecule has 21 heteroatoms. The van der Waals surface area contributed by atoms with Crippen LogP contribution in [0.4, 0.5) is 38.0 Å². The van der Waals surface area contributed by atoms with E-state index in [1.807, 2.05) is 0 Å². The number of carbonyl (C=O) groups is 4. The van der Waals surface area contributed by atoms with Crippen LogP contribution in [0.1, 0.15) is 41.1 Å². The number of nitrogens with zero attached hydrogens (tertiary/aromatic N) is 5. The number of halogens is 9. The third-order valence-electron chi connectivity index (χ3n) is 11.8. The van der Waals surface area contributed by atoms with E-state index < -0.39 is 98.9 Å². The number of aromatic hydroxyl groups is 1. The first-order chi connectivity index (χ1) is 28.7. The maximum Gasteiger partial charge on any atom is 0.433 e. The van der Waals surface area contributed by atoms with Gasteiger partial charge >= 0.3 is 12.4 Å². The van der Waals surface area contributed by atoms with E-state index in [1.165, 1.54) is 49.6 Å². The van der Waals surface area contributed by atoms with Crippen molar-refractivity contribution in [3.05, 3.63) is 116 Å². The van der Waals surface area contributed by atoms with Crippen LogP contribution in [0.5, 0.6) is 11.5 Å². The number of allylic oxidation sites excluding steroid dienone is 2. The second kappa shape index (κ2) is 14.8. The fraction of sp³-hybridized carbons (Fsp3) is 0.300. The number of anilines is 2. The molecule has 318 valence electrons. The molecule has 61 heavy (non-hydrogen) atoms. The summed E-state index contributed by atoms with van der Waals surface area (Å²) in [5.74, 6) is -11.1. The maximum absolute atomic E-state index is 15.4. The second-order valence-electron chi connectivity index (χ2n) is 14.8. The summed E-state index contributed by atoms with van der Waals surface area (Å²) < 4.78 is 87.5. The number of methoxy groups -OCH3 is 1. The van der Waals surface area contributed by atoms with Crippen molar-refractivity contribution in [3.8, 4) is 11.5 Å². The molecule has 0 radical (unpaired) electrons. The highest BCUT2D eigenvalue weighted by molar-refractivity contribution is 6.33. The smallest absolute Gasteiger partial charge is 0.433 e. The van der Waals surface area contributed by atoms with Gasteiger partial charge in [0, 0.05) is 29.7 Å². The number of phenolic OH excluding ortho intramolecular Hbond substituents is 1. The van der Waals surface area contributed by atoms with E-state index in [9.17, 15) is 45.8 Å². The topological polar surface area (TPSA) is 145 Å². The van der Waals surface area contributed by atoms with Gasteiger partial charge in [-0.25, -0.2) is 9.97 Å². The zero-order chi connectivity index (χ0) is 44.1. The minimum absolute atomic E-state index is 0.0266. The Balaban J connectivity index is 1.30. The lowest BCUT2D eigenvalue weighted by Crippen LogP contribution is -2.53. The number of imide groups is 2. The first-order valence-corrected chi connectivity index (χ1v) is 19.4. The van der Waals surface area contributed by atoms with Gasteiger partial charge in [0.2, 0.25) is 0 Å². The highest BCUT2D eigenvalue weighted by atomic mass is 35.5. The number of alkyl halides is 6. The van der Waals surface area contributed by atoms with Crippen molar-refractivity contribution in [3.63, 3.8) is 0 Å². The van der Waals surface area contributed by atoms with Crippen LogP contribution in [-0.4, -0.2) is 62.9 Å². The Morgan fingerprint density at radius 2 is 1.61 bits per heavy atom. The largest absolute Gasteiger partial charge is 0.508 e. The Hall–Kier alpha value is -5.59. The number of phenols is 1. The van der Waals surface area contributed by atoms with Crippen LogP contribution in [0, 0.1) is 23.7 Å². The van der Waals surface area contributed by atoms with E-state index in [-0.39, 0.29) is 45.5 Å². The van der Waals surface area contributed by atoms with Crippen LogP contribution in [0.3, 0.4) is 0 Å². The summed E-state index contributed by atoms with van der Waals surface area (Å²) >= 11 is 18.8. The number of benzene rings is 2. The van der Waals surface area contributed by atoms with E-state index in [1.54, 1.807) is 6.08 Å². The van der Waals surface area contributed by atoms with Gasteiger partial charge in [-0.15, -0.1) is 0 Å². The standard InChI is InChI=1S/C40H29Cl3F6N6O6/c1-53(33-24(42)12-13-28(51-33)40(47,48)49)55-34(57)21-11-10-20-22(29(21)36(55)59)15-23-35(58)54(52-32-25(43)14-18(16-50-32)39(44,45)46)37(60)38(23,17-6-8-19(41)9-7-17)31(20)30-26(56)4-3-5-27(30)61-2/h3-10,12-14,16,21-23,29,31,56H,11,15H2,1-2H3,(H,50,52)/t21-,22+,23-,29-,31+,38+/m0/s1. The number of amides is 4. The number of hydrogen-bond acceptors (Lipinski definition) is 10. The van der Waals surface area contributed by atoms with Gasteiger partial charge in [0.15, 0.2) is 11.6 Å². The molecule has 12 nitrogen and oxygen atoms in total. The van der Waals surface area contributed by atoms with Crippen LogP contribution in [0.2, 0.25) is 15.1 Å². The molecule has 4 heterocycles. The van der Waals surface area contributed by atoms with E-state index in [0.29, 0.717) is 33.9 Å². The Morgan fingerprint density at radius 3 is 2.25 bits per heavy atom. The number of nitrogens with one attached hydrogen (secondary N) is 1.